The number of aryl methyl sites for hydroxylation is 1. The zero-order valence-corrected chi connectivity index (χ0v) is 22.4. The Morgan fingerprint density at radius 2 is 1.72 bits per heavy atom. The van der Waals surface area contributed by atoms with Crippen molar-refractivity contribution < 1.29 is 28.5 Å². The van der Waals surface area contributed by atoms with Crippen LogP contribution in [0.2, 0.25) is 0 Å². The third-order valence-corrected chi connectivity index (χ3v) is 8.16. The Bertz CT molecular complexity index is 1390. The number of alkyl halides is 3. The van der Waals surface area contributed by atoms with E-state index in [1.54, 1.807) is 18.2 Å². The molecule has 0 bridgehead atoms. The number of aromatic hydroxyl groups is 1. The number of aliphatic hydroxyl groups excluding tert-OH is 2. The second-order valence-corrected chi connectivity index (χ2v) is 11.1. The first-order chi connectivity index (χ1) is 18.4. The third kappa shape index (κ3) is 4.41. The van der Waals surface area contributed by atoms with Gasteiger partial charge < -0.3 is 20.2 Å². The minimum absolute atomic E-state index is 0.237. The van der Waals surface area contributed by atoms with Gasteiger partial charge in [-0.1, -0.05) is 69.2 Å². The molecule has 2 aromatic carbocycles. The molecule has 5 rings (SSSR count). The monoisotopic (exact) mass is 541 g/mol. The number of benzene rings is 2. The average Bonchev–Trinajstić information content (AvgIpc) is 3.33. The predicted octanol–water partition coefficient (Wildman–Crippen LogP) is 5.82. The lowest BCUT2D eigenvalue weighted by molar-refractivity contribution is -0.145. The first kappa shape index (κ1) is 27.3. The van der Waals surface area contributed by atoms with Crippen LogP contribution >= 0.6 is 0 Å². The van der Waals surface area contributed by atoms with Crippen molar-refractivity contribution in [3.8, 4) is 11.6 Å². The fraction of sp³-hybridized carbons (Fsp3) is 0.433. The number of nitrogens with zero attached hydrogens (tertiary/aromatic N) is 3. The molecule has 3 aromatic rings. The number of hydrogen-bond acceptors (Lipinski definition) is 5. The SMILES string of the molecule is CCCCN1C(=CC2C(O)C(c3c(C(F)(F)F)nn(-c4ccccc4)c3O)C2O)C(C)(C)c2cc(C)ccc21. The van der Waals surface area contributed by atoms with Crippen molar-refractivity contribution in [3.05, 3.63) is 82.7 Å². The Kier molecular flexibility index (Phi) is 6.79. The number of allylic oxidation sites excluding steroid dienone is 1. The summed E-state index contributed by atoms with van der Waals surface area (Å²) in [7, 11) is 0. The Labute approximate surface area is 226 Å². The molecule has 6 nitrogen and oxygen atoms in total. The zero-order chi connectivity index (χ0) is 28.3. The third-order valence-electron chi connectivity index (χ3n) is 8.16. The van der Waals surface area contributed by atoms with Crippen LogP contribution in [-0.2, 0) is 11.6 Å². The lowest BCUT2D eigenvalue weighted by Gasteiger charge is -2.46. The summed E-state index contributed by atoms with van der Waals surface area (Å²) in [6, 6.07) is 14.2. The summed E-state index contributed by atoms with van der Waals surface area (Å²) in [4.78, 5) is 2.19. The first-order valence-electron chi connectivity index (χ1n) is 13.3. The van der Waals surface area contributed by atoms with Gasteiger partial charge in [-0.05, 0) is 37.1 Å². The maximum absolute atomic E-state index is 14.0. The van der Waals surface area contributed by atoms with Gasteiger partial charge in [-0.25, -0.2) is 4.68 Å². The molecule has 1 saturated carbocycles. The van der Waals surface area contributed by atoms with Gasteiger partial charge in [0, 0.05) is 35.2 Å². The van der Waals surface area contributed by atoms with Crippen LogP contribution in [0.15, 0.2) is 60.3 Å². The quantitative estimate of drug-likeness (QED) is 0.366. The van der Waals surface area contributed by atoms with Crippen LogP contribution < -0.4 is 4.90 Å². The van der Waals surface area contributed by atoms with E-state index < -0.39 is 52.8 Å². The fourth-order valence-electron chi connectivity index (χ4n) is 5.99. The number of fused-ring (bicyclic) bond motifs is 1. The van der Waals surface area contributed by atoms with E-state index in [0.717, 1.165) is 46.6 Å². The van der Waals surface area contributed by atoms with Crippen LogP contribution in [0.3, 0.4) is 0 Å². The highest BCUT2D eigenvalue weighted by Crippen LogP contribution is 2.53. The molecule has 0 amide bonds. The molecule has 9 heteroatoms. The Morgan fingerprint density at radius 3 is 2.33 bits per heavy atom. The maximum atomic E-state index is 14.0. The minimum atomic E-state index is -4.89. The summed E-state index contributed by atoms with van der Waals surface area (Å²) in [5, 5.41) is 36.9. The summed E-state index contributed by atoms with van der Waals surface area (Å²) >= 11 is 0. The molecule has 2 aliphatic rings. The van der Waals surface area contributed by atoms with Gasteiger partial charge in [0.2, 0.25) is 5.88 Å². The van der Waals surface area contributed by atoms with Gasteiger partial charge in [0.05, 0.1) is 23.5 Å². The molecular formula is C30H34F3N3O3. The van der Waals surface area contributed by atoms with Crippen molar-refractivity contribution in [1.82, 2.24) is 9.78 Å². The number of para-hydroxylation sites is 1. The van der Waals surface area contributed by atoms with E-state index in [1.807, 2.05) is 19.1 Å². The summed E-state index contributed by atoms with van der Waals surface area (Å²) in [5.74, 6) is -2.90. The summed E-state index contributed by atoms with van der Waals surface area (Å²) in [6.07, 6.45) is -3.86. The van der Waals surface area contributed by atoms with E-state index in [1.165, 1.54) is 12.1 Å². The van der Waals surface area contributed by atoms with E-state index in [4.69, 9.17) is 0 Å². The van der Waals surface area contributed by atoms with E-state index in [2.05, 4.69) is 42.9 Å². The largest absolute Gasteiger partial charge is 0.493 e. The fourth-order valence-corrected chi connectivity index (χ4v) is 5.99. The van der Waals surface area contributed by atoms with E-state index >= 15 is 0 Å². The molecule has 1 aromatic heterocycles. The highest BCUT2D eigenvalue weighted by atomic mass is 19.4. The average molecular weight is 542 g/mol. The minimum Gasteiger partial charge on any atom is -0.493 e. The second kappa shape index (κ2) is 9.71. The summed E-state index contributed by atoms with van der Waals surface area (Å²) in [6.45, 7) is 9.03. The van der Waals surface area contributed by atoms with Gasteiger partial charge in [-0.3, -0.25) is 0 Å². The molecule has 2 atom stereocenters. The maximum Gasteiger partial charge on any atom is 0.435 e. The molecule has 0 saturated heterocycles. The summed E-state index contributed by atoms with van der Waals surface area (Å²) in [5.41, 5.74) is 2.11. The van der Waals surface area contributed by atoms with Gasteiger partial charge in [0.1, 0.15) is 0 Å². The lowest BCUT2D eigenvalue weighted by Crippen LogP contribution is -2.53. The van der Waals surface area contributed by atoms with Gasteiger partial charge >= 0.3 is 6.18 Å². The number of unbranched alkanes of at least 4 members (excludes halogenated alkanes) is 1. The molecule has 2 unspecified atom stereocenters. The van der Waals surface area contributed by atoms with Crippen molar-refractivity contribution in [3.63, 3.8) is 0 Å². The number of hydrogen-bond donors (Lipinski definition) is 3. The van der Waals surface area contributed by atoms with E-state index in [-0.39, 0.29) is 5.69 Å². The standard InChI is InChI=1S/C30H34F3N3O3/c1-5-6-14-35-21-13-12-17(2)15-20(21)29(3,4)22(35)16-19-25(37)23(26(19)38)24-27(30(31,32)33)34-36(28(24)39)18-10-8-7-9-11-18/h7-13,15-16,19,23,25-26,37-39H,5-6,14H2,1-4H3. The highest BCUT2D eigenvalue weighted by molar-refractivity contribution is 5.71. The Balaban J connectivity index is 1.53. The van der Waals surface area contributed by atoms with Gasteiger partial charge in [-0.2, -0.15) is 18.3 Å². The van der Waals surface area contributed by atoms with E-state index in [9.17, 15) is 28.5 Å². The second-order valence-electron chi connectivity index (χ2n) is 11.1. The lowest BCUT2D eigenvalue weighted by atomic mass is 9.64. The van der Waals surface area contributed by atoms with Crippen molar-refractivity contribution in [1.29, 1.82) is 0 Å². The van der Waals surface area contributed by atoms with Crippen LogP contribution in [0.1, 0.15) is 61.9 Å². The van der Waals surface area contributed by atoms with Gasteiger partial charge in [0.15, 0.2) is 5.69 Å². The number of aromatic nitrogens is 2. The van der Waals surface area contributed by atoms with Crippen LogP contribution in [0.5, 0.6) is 5.88 Å². The molecular weight excluding hydrogens is 507 g/mol. The van der Waals surface area contributed by atoms with Crippen molar-refractivity contribution in [2.75, 3.05) is 11.4 Å². The number of rotatable bonds is 6. The Morgan fingerprint density at radius 1 is 1.05 bits per heavy atom. The number of anilines is 1. The molecule has 3 N–H and O–H groups in total. The molecule has 0 spiro atoms. The zero-order valence-electron chi connectivity index (χ0n) is 22.4. The first-order valence-corrected chi connectivity index (χ1v) is 13.3. The van der Waals surface area contributed by atoms with Crippen LogP contribution in [0.25, 0.3) is 5.69 Å². The topological polar surface area (TPSA) is 81.8 Å². The predicted molar refractivity (Wildman–Crippen MR) is 143 cm³/mol. The van der Waals surface area contributed by atoms with Gasteiger partial charge in [-0.15, -0.1) is 0 Å². The van der Waals surface area contributed by atoms with Crippen LogP contribution in [-0.4, -0.2) is 43.9 Å². The van der Waals surface area contributed by atoms with Crippen LogP contribution in [0, 0.1) is 12.8 Å². The molecule has 208 valence electrons. The smallest absolute Gasteiger partial charge is 0.435 e. The van der Waals surface area contributed by atoms with Gasteiger partial charge in [0.25, 0.3) is 0 Å². The van der Waals surface area contributed by atoms with Crippen molar-refractivity contribution >= 4 is 5.69 Å². The summed E-state index contributed by atoms with van der Waals surface area (Å²) < 4.78 is 42.9. The molecule has 39 heavy (non-hydrogen) atoms. The normalized spacial score (nSPS) is 25.2. The molecule has 1 fully saturated rings. The highest BCUT2D eigenvalue weighted by Gasteiger charge is 2.55. The number of aliphatic hydroxyl groups is 2. The Hall–Kier alpha value is -3.30. The van der Waals surface area contributed by atoms with Crippen molar-refractivity contribution in [2.24, 2.45) is 5.92 Å². The number of halogens is 3. The molecule has 1 aliphatic heterocycles. The molecule has 0 radical (unpaired) electrons. The molecule has 2 heterocycles. The van der Waals surface area contributed by atoms with Crippen LogP contribution in [0.4, 0.5) is 18.9 Å². The van der Waals surface area contributed by atoms with Crippen molar-refractivity contribution in [2.45, 2.75) is 70.3 Å². The van der Waals surface area contributed by atoms with E-state index in [0.29, 0.717) is 0 Å². The molecule has 1 aliphatic carbocycles.